The molecule has 1 aromatic rings. The van der Waals surface area contributed by atoms with E-state index in [2.05, 4.69) is 40.1 Å². The first kappa shape index (κ1) is 25.2. The van der Waals surface area contributed by atoms with E-state index in [1.807, 2.05) is 26.1 Å². The highest BCUT2D eigenvalue weighted by Gasteiger charge is 2.23. The Morgan fingerprint density at radius 1 is 1.15 bits per heavy atom. The number of nitrogens with one attached hydrogen (secondary N) is 1. The summed E-state index contributed by atoms with van der Waals surface area (Å²) in [6, 6.07) is 5.08. The third-order valence-corrected chi connectivity index (χ3v) is 6.68. The van der Waals surface area contributed by atoms with Gasteiger partial charge in [-0.3, -0.25) is 9.80 Å². The van der Waals surface area contributed by atoms with Crippen molar-refractivity contribution in [3.8, 4) is 0 Å². The number of likely N-dealkylation sites (N-methyl/N-ethyl adjacent to an activating group) is 1. The lowest BCUT2D eigenvalue weighted by Crippen LogP contribution is -2.49. The first-order valence-corrected chi connectivity index (χ1v) is 12.1. The van der Waals surface area contributed by atoms with Gasteiger partial charge in [0.2, 0.25) is 0 Å². The van der Waals surface area contributed by atoms with Gasteiger partial charge in [0.15, 0.2) is 5.84 Å². The van der Waals surface area contributed by atoms with Gasteiger partial charge in [-0.05, 0) is 62.1 Å². The number of benzene rings is 1. The average molecular weight is 454 g/mol. The van der Waals surface area contributed by atoms with Gasteiger partial charge in [0.05, 0.1) is 5.70 Å². The van der Waals surface area contributed by atoms with Gasteiger partial charge >= 0.3 is 0 Å². The maximum absolute atomic E-state index is 13.4. The molecule has 0 radical (unpaired) electrons. The number of hydrogen-bond donors (Lipinski definition) is 1. The van der Waals surface area contributed by atoms with E-state index in [0.717, 1.165) is 82.3 Å². The molecule has 0 aliphatic carbocycles. The largest absolute Gasteiger partial charge is 0.386 e. The van der Waals surface area contributed by atoms with Gasteiger partial charge in [0.25, 0.3) is 0 Å². The highest BCUT2D eigenvalue weighted by atomic mass is 19.1. The Kier molecular flexibility index (Phi) is 9.27. The van der Waals surface area contributed by atoms with Crippen LogP contribution in [0.25, 0.3) is 0 Å². The van der Waals surface area contributed by atoms with Crippen molar-refractivity contribution in [1.82, 2.24) is 20.0 Å². The highest BCUT2D eigenvalue weighted by molar-refractivity contribution is 5.98. The molecule has 0 unspecified atom stereocenters. The fraction of sp³-hybridized carbons (Fsp3) is 0.519. The topological polar surface area (TPSA) is 34.1 Å². The Morgan fingerprint density at radius 2 is 1.91 bits per heavy atom. The van der Waals surface area contributed by atoms with Crippen LogP contribution < -0.4 is 5.32 Å². The van der Waals surface area contributed by atoms with Crippen LogP contribution in [-0.4, -0.2) is 73.4 Å². The summed E-state index contributed by atoms with van der Waals surface area (Å²) < 4.78 is 13.4. The van der Waals surface area contributed by atoms with Crippen LogP contribution in [0.15, 0.2) is 59.4 Å². The normalized spacial score (nSPS) is 18.5. The summed E-state index contributed by atoms with van der Waals surface area (Å²) in [5.74, 6) is 0.796. The average Bonchev–Trinajstić information content (AvgIpc) is 2.81. The third-order valence-electron chi connectivity index (χ3n) is 6.68. The van der Waals surface area contributed by atoms with Gasteiger partial charge in [-0.1, -0.05) is 18.7 Å². The Bertz CT molecular complexity index is 896. The van der Waals surface area contributed by atoms with Crippen LogP contribution in [0.4, 0.5) is 4.39 Å². The van der Waals surface area contributed by atoms with Gasteiger partial charge in [0, 0.05) is 65.0 Å². The number of rotatable bonds is 9. The Morgan fingerprint density at radius 3 is 2.55 bits per heavy atom. The molecule has 1 saturated heterocycles. The zero-order valence-electron chi connectivity index (χ0n) is 20.7. The molecule has 6 heteroatoms. The lowest BCUT2D eigenvalue weighted by atomic mass is 10.1. The monoisotopic (exact) mass is 453 g/mol. The lowest BCUT2D eigenvalue weighted by molar-refractivity contribution is 0.175. The molecule has 2 aliphatic rings. The van der Waals surface area contributed by atoms with Gasteiger partial charge in [-0.25, -0.2) is 9.38 Å². The van der Waals surface area contributed by atoms with E-state index in [1.165, 1.54) is 23.3 Å². The summed E-state index contributed by atoms with van der Waals surface area (Å²) in [6.45, 7) is 20.0. The maximum atomic E-state index is 13.4. The quantitative estimate of drug-likeness (QED) is 0.261. The molecule has 0 amide bonds. The van der Waals surface area contributed by atoms with E-state index in [4.69, 9.17) is 4.99 Å². The van der Waals surface area contributed by atoms with Crippen LogP contribution >= 0.6 is 0 Å². The fourth-order valence-electron chi connectivity index (χ4n) is 4.55. The van der Waals surface area contributed by atoms with Crippen LogP contribution in [0, 0.1) is 12.7 Å². The molecule has 5 nitrogen and oxygen atoms in total. The van der Waals surface area contributed by atoms with Gasteiger partial charge in [-0.2, -0.15) is 0 Å². The van der Waals surface area contributed by atoms with Crippen molar-refractivity contribution in [3.63, 3.8) is 0 Å². The molecule has 2 aliphatic heterocycles. The fourth-order valence-corrected chi connectivity index (χ4v) is 4.55. The second kappa shape index (κ2) is 12.1. The van der Waals surface area contributed by atoms with Crippen molar-refractivity contribution in [2.45, 2.75) is 39.7 Å². The first-order chi connectivity index (χ1) is 15.9. The van der Waals surface area contributed by atoms with Crippen molar-refractivity contribution in [3.05, 3.63) is 71.3 Å². The molecule has 33 heavy (non-hydrogen) atoms. The number of unbranched alkanes of at least 4 members (excludes halogenated alkanes) is 1. The second-order valence-corrected chi connectivity index (χ2v) is 9.18. The van der Waals surface area contributed by atoms with Crippen LogP contribution in [0.5, 0.6) is 0 Å². The zero-order chi connectivity index (χ0) is 23.8. The number of allylic oxidation sites excluding steroid dienone is 1. The Labute approximate surface area is 199 Å². The first-order valence-electron chi connectivity index (χ1n) is 12.1. The molecule has 1 N–H and O–H groups in total. The van der Waals surface area contributed by atoms with Crippen LogP contribution in [0.3, 0.4) is 0 Å². The zero-order valence-corrected chi connectivity index (χ0v) is 20.7. The number of amidine groups is 1. The van der Waals surface area contributed by atoms with Crippen molar-refractivity contribution >= 4 is 5.84 Å². The summed E-state index contributed by atoms with van der Waals surface area (Å²) in [6.07, 6.45) is 5.21. The van der Waals surface area contributed by atoms with Crippen molar-refractivity contribution in [2.75, 3.05) is 52.9 Å². The number of halogens is 1. The van der Waals surface area contributed by atoms with E-state index in [9.17, 15) is 4.39 Å². The smallest absolute Gasteiger partial charge is 0.151 e. The molecule has 0 aromatic heterocycles. The number of nitrogens with zero attached hydrogens (tertiary/aromatic N) is 4. The summed E-state index contributed by atoms with van der Waals surface area (Å²) in [7, 11) is 1.91. The van der Waals surface area contributed by atoms with E-state index in [0.29, 0.717) is 0 Å². The number of hydrogen-bond acceptors (Lipinski definition) is 4. The van der Waals surface area contributed by atoms with Gasteiger partial charge < -0.3 is 10.2 Å². The van der Waals surface area contributed by atoms with Crippen molar-refractivity contribution in [1.29, 1.82) is 0 Å². The molecule has 0 atom stereocenters. The minimum atomic E-state index is -0.167. The highest BCUT2D eigenvalue weighted by Crippen LogP contribution is 2.21. The lowest BCUT2D eigenvalue weighted by Gasteiger charge is -2.37. The van der Waals surface area contributed by atoms with E-state index in [-0.39, 0.29) is 5.82 Å². The summed E-state index contributed by atoms with van der Waals surface area (Å²) in [4.78, 5) is 12.4. The van der Waals surface area contributed by atoms with Crippen molar-refractivity contribution in [2.24, 2.45) is 4.99 Å². The number of aliphatic imine (C=N–C) groups is 1. The second-order valence-electron chi connectivity index (χ2n) is 9.18. The molecule has 1 fully saturated rings. The molecule has 0 saturated carbocycles. The molecule has 2 heterocycles. The van der Waals surface area contributed by atoms with E-state index >= 15 is 0 Å². The molecular formula is C27H40FN5. The molecule has 0 spiro atoms. The van der Waals surface area contributed by atoms with Gasteiger partial charge in [-0.15, -0.1) is 6.58 Å². The minimum Gasteiger partial charge on any atom is -0.386 e. The third kappa shape index (κ3) is 7.02. The molecule has 1 aromatic carbocycles. The van der Waals surface area contributed by atoms with Crippen LogP contribution in [0.1, 0.15) is 37.3 Å². The van der Waals surface area contributed by atoms with Crippen molar-refractivity contribution < 1.29 is 4.39 Å². The number of piperazine rings is 1. The van der Waals surface area contributed by atoms with Crippen LogP contribution in [0.2, 0.25) is 0 Å². The Balaban J connectivity index is 1.64. The van der Waals surface area contributed by atoms with Crippen LogP contribution in [-0.2, 0) is 6.54 Å². The molecule has 3 rings (SSSR count). The molecule has 180 valence electrons. The summed E-state index contributed by atoms with van der Waals surface area (Å²) in [5.41, 5.74) is 5.63. The minimum absolute atomic E-state index is 0.167. The number of aryl methyl sites for hydroxylation is 1. The maximum Gasteiger partial charge on any atom is 0.151 e. The predicted octanol–water partition coefficient (Wildman–Crippen LogP) is 4.33. The summed E-state index contributed by atoms with van der Waals surface area (Å²) >= 11 is 0. The van der Waals surface area contributed by atoms with E-state index in [1.54, 1.807) is 12.1 Å². The standard InChI is InChI=1S/C27H40FN5/c1-6-7-8-12-31-13-11-26(22(3)19-31)30-27(23(4)29-5)33-16-14-32(15-17-33)20-24-9-10-25(28)18-21(24)2/h6,9-10,18,29H,1,4,7-8,11-17,19-20H2,2-3,5H3. The summed E-state index contributed by atoms with van der Waals surface area (Å²) in [5, 5.41) is 3.22. The Hall–Kier alpha value is -2.44. The van der Waals surface area contributed by atoms with Gasteiger partial charge in [0.1, 0.15) is 5.82 Å². The predicted molar refractivity (Wildman–Crippen MR) is 137 cm³/mol. The molecular weight excluding hydrogens is 413 g/mol. The molecule has 0 bridgehead atoms. The van der Waals surface area contributed by atoms with E-state index < -0.39 is 0 Å². The SMILES string of the molecule is C=CCCCN1CCC(N=C(C(=C)NC)N2CCN(Cc3ccc(F)cc3C)CC2)=C(C)C1.